The van der Waals surface area contributed by atoms with E-state index in [0.717, 1.165) is 25.7 Å². The topological polar surface area (TPSA) is 58.6 Å². The molecule has 0 bridgehead atoms. The highest BCUT2D eigenvalue weighted by atomic mass is 32.1. The lowest BCUT2D eigenvalue weighted by molar-refractivity contribution is 0.0426. The van der Waals surface area contributed by atoms with Crippen LogP contribution < -0.4 is 5.32 Å². The number of aryl methyl sites for hydroxylation is 1. The second kappa shape index (κ2) is 7.01. The third-order valence-electron chi connectivity index (χ3n) is 4.23. The lowest BCUT2D eigenvalue weighted by Crippen LogP contribution is -2.43. The summed E-state index contributed by atoms with van der Waals surface area (Å²) >= 11 is 1.69. The Hall–Kier alpha value is -1.07. The fourth-order valence-electron chi connectivity index (χ4n) is 2.79. The smallest absolute Gasteiger partial charge is 0.407 e. The van der Waals surface area contributed by atoms with Gasteiger partial charge in [0.2, 0.25) is 0 Å². The third-order valence-corrected chi connectivity index (χ3v) is 4.97. The number of carbonyl (C=O) groups excluding carboxylic acids is 1. The molecule has 1 amide bonds. The molecule has 4 nitrogen and oxygen atoms in total. The van der Waals surface area contributed by atoms with Gasteiger partial charge < -0.3 is 15.2 Å². The van der Waals surface area contributed by atoms with E-state index in [1.165, 1.54) is 5.56 Å². The minimum atomic E-state index is -0.498. The molecule has 5 heteroatoms. The number of hydrogen-bond donors (Lipinski definition) is 2. The zero-order chi connectivity index (χ0) is 16.2. The quantitative estimate of drug-likeness (QED) is 0.805. The Labute approximate surface area is 136 Å². The largest absolute Gasteiger partial charge is 0.444 e. The molecule has 0 radical (unpaired) electrons. The summed E-state index contributed by atoms with van der Waals surface area (Å²) in [5.41, 5.74) is 0.585. The molecule has 1 aliphatic rings. The maximum Gasteiger partial charge on any atom is 0.407 e. The molecule has 1 aromatic rings. The summed E-state index contributed by atoms with van der Waals surface area (Å²) in [5.74, 6) is 0.506. The highest BCUT2D eigenvalue weighted by molar-refractivity contribution is 7.07. The van der Waals surface area contributed by atoms with Crippen LogP contribution in [0.25, 0.3) is 0 Å². The van der Waals surface area contributed by atoms with Crippen molar-refractivity contribution in [3.63, 3.8) is 0 Å². The second-order valence-corrected chi connectivity index (χ2v) is 8.06. The maximum atomic E-state index is 11.9. The summed E-state index contributed by atoms with van der Waals surface area (Å²) < 4.78 is 5.30. The van der Waals surface area contributed by atoms with Crippen LogP contribution in [0.4, 0.5) is 4.79 Å². The number of thiophene rings is 1. The van der Waals surface area contributed by atoms with Crippen LogP contribution in [-0.4, -0.2) is 30.0 Å². The minimum absolute atomic E-state index is 0.109. The highest BCUT2D eigenvalue weighted by Crippen LogP contribution is 2.48. The van der Waals surface area contributed by atoms with Gasteiger partial charge in [0.25, 0.3) is 0 Å². The van der Waals surface area contributed by atoms with Gasteiger partial charge in [-0.15, -0.1) is 0 Å². The van der Waals surface area contributed by atoms with Crippen molar-refractivity contribution in [3.05, 3.63) is 22.4 Å². The number of rotatable bonds is 7. The highest BCUT2D eigenvalue weighted by Gasteiger charge is 2.44. The fraction of sp³-hybridized carbons (Fsp3) is 0.706. The van der Waals surface area contributed by atoms with Crippen LogP contribution >= 0.6 is 11.3 Å². The number of amides is 1. The van der Waals surface area contributed by atoms with Crippen molar-refractivity contribution in [2.24, 2.45) is 11.3 Å². The van der Waals surface area contributed by atoms with E-state index in [9.17, 15) is 9.90 Å². The molecule has 124 valence electrons. The summed E-state index contributed by atoms with van der Waals surface area (Å²) in [4.78, 5) is 11.9. The first-order valence-corrected chi connectivity index (χ1v) is 8.88. The van der Waals surface area contributed by atoms with Crippen molar-refractivity contribution in [3.8, 4) is 0 Å². The molecular formula is C17H27NO3S. The van der Waals surface area contributed by atoms with Crippen LogP contribution in [0, 0.1) is 11.3 Å². The number of nitrogens with one attached hydrogen (secondary N) is 1. The van der Waals surface area contributed by atoms with Crippen LogP contribution in [0.3, 0.4) is 0 Å². The maximum absolute atomic E-state index is 11.9. The van der Waals surface area contributed by atoms with Gasteiger partial charge in [0.1, 0.15) is 5.60 Å². The van der Waals surface area contributed by atoms with Gasteiger partial charge >= 0.3 is 6.09 Å². The standard InChI is InChI=1S/C17H27NO3S/c1-16(2,3)21-15(20)18-11-17(12-19,14-4-5-14)8-6-13-7-9-22-10-13/h7,9-10,14,19H,4-6,8,11-12H2,1-3H3,(H,18,20). The van der Waals surface area contributed by atoms with E-state index in [1.54, 1.807) is 11.3 Å². The zero-order valence-electron chi connectivity index (χ0n) is 13.7. The lowest BCUT2D eigenvalue weighted by Gasteiger charge is -2.33. The zero-order valence-corrected chi connectivity index (χ0v) is 14.5. The van der Waals surface area contributed by atoms with Crippen LogP contribution in [0.5, 0.6) is 0 Å². The van der Waals surface area contributed by atoms with E-state index < -0.39 is 11.7 Å². The number of alkyl carbamates (subject to hydrolysis) is 1. The first-order valence-electron chi connectivity index (χ1n) is 7.93. The number of ether oxygens (including phenoxy) is 1. The average Bonchev–Trinajstić information content (AvgIpc) is 3.15. The molecule has 1 unspecified atom stereocenters. The summed E-state index contributed by atoms with van der Waals surface area (Å²) in [6.45, 7) is 6.14. The molecule has 0 aliphatic heterocycles. The van der Waals surface area contributed by atoms with Gasteiger partial charge in [-0.3, -0.25) is 0 Å². The van der Waals surface area contributed by atoms with Crippen LogP contribution in [0.1, 0.15) is 45.6 Å². The van der Waals surface area contributed by atoms with Gasteiger partial charge in [-0.05, 0) is 74.8 Å². The van der Waals surface area contributed by atoms with Crippen molar-refractivity contribution in [1.29, 1.82) is 0 Å². The third kappa shape index (κ3) is 4.99. The van der Waals surface area contributed by atoms with E-state index in [2.05, 4.69) is 22.1 Å². The number of aliphatic hydroxyl groups excluding tert-OH is 1. The van der Waals surface area contributed by atoms with Crippen LogP contribution in [0.15, 0.2) is 16.8 Å². The Bertz CT molecular complexity index is 477. The summed E-state index contributed by atoms with van der Waals surface area (Å²) in [5, 5.41) is 17.1. The molecule has 2 N–H and O–H groups in total. The Morgan fingerprint density at radius 3 is 2.68 bits per heavy atom. The molecule has 1 atom stereocenters. The Morgan fingerprint density at radius 2 is 2.18 bits per heavy atom. The fourth-order valence-corrected chi connectivity index (χ4v) is 3.49. The van der Waals surface area contributed by atoms with Gasteiger partial charge in [0.05, 0.1) is 6.61 Å². The van der Waals surface area contributed by atoms with E-state index >= 15 is 0 Å². The lowest BCUT2D eigenvalue weighted by atomic mass is 9.78. The molecule has 2 rings (SSSR count). The molecule has 1 fully saturated rings. The predicted molar refractivity (Wildman–Crippen MR) is 89.1 cm³/mol. The predicted octanol–water partition coefficient (Wildman–Crippen LogP) is 3.59. The van der Waals surface area contributed by atoms with E-state index in [1.807, 2.05) is 20.8 Å². The van der Waals surface area contributed by atoms with Gasteiger partial charge in [0.15, 0.2) is 0 Å². The SMILES string of the molecule is CC(C)(C)OC(=O)NCC(CO)(CCc1ccsc1)C1CC1. The molecule has 0 aromatic carbocycles. The van der Waals surface area contributed by atoms with Crippen LogP contribution in [-0.2, 0) is 11.2 Å². The first-order chi connectivity index (χ1) is 10.3. The van der Waals surface area contributed by atoms with E-state index in [0.29, 0.717) is 12.5 Å². The van der Waals surface area contributed by atoms with Gasteiger partial charge in [-0.25, -0.2) is 4.79 Å². The first kappa shape index (κ1) is 17.3. The van der Waals surface area contributed by atoms with Crippen molar-refractivity contribution in [1.82, 2.24) is 5.32 Å². The summed E-state index contributed by atoms with van der Waals surface area (Å²) in [6, 6.07) is 2.13. The number of aliphatic hydroxyl groups is 1. The number of hydrogen-bond acceptors (Lipinski definition) is 4. The molecule has 1 aliphatic carbocycles. The second-order valence-electron chi connectivity index (χ2n) is 7.28. The Morgan fingerprint density at radius 1 is 1.45 bits per heavy atom. The molecular weight excluding hydrogens is 298 g/mol. The Balaban J connectivity index is 1.92. The molecule has 0 spiro atoms. The molecule has 1 heterocycles. The molecule has 1 aromatic heterocycles. The van der Waals surface area contributed by atoms with Crippen molar-refractivity contribution < 1.29 is 14.6 Å². The normalized spacial score (nSPS) is 17.8. The van der Waals surface area contributed by atoms with Crippen molar-refractivity contribution in [2.45, 2.75) is 52.1 Å². The number of carbonyl (C=O) groups is 1. The van der Waals surface area contributed by atoms with Crippen molar-refractivity contribution in [2.75, 3.05) is 13.2 Å². The Kier molecular flexibility index (Phi) is 5.50. The van der Waals surface area contributed by atoms with Gasteiger partial charge in [-0.1, -0.05) is 0 Å². The van der Waals surface area contributed by atoms with Crippen molar-refractivity contribution >= 4 is 17.4 Å². The summed E-state index contributed by atoms with van der Waals surface area (Å²) in [7, 11) is 0. The van der Waals surface area contributed by atoms with Gasteiger partial charge in [0, 0.05) is 12.0 Å². The summed E-state index contributed by atoms with van der Waals surface area (Å²) in [6.07, 6.45) is 3.71. The van der Waals surface area contributed by atoms with Crippen LogP contribution in [0.2, 0.25) is 0 Å². The monoisotopic (exact) mass is 325 g/mol. The molecule has 22 heavy (non-hydrogen) atoms. The molecule has 0 saturated heterocycles. The minimum Gasteiger partial charge on any atom is -0.444 e. The van der Waals surface area contributed by atoms with E-state index in [-0.39, 0.29) is 12.0 Å². The average molecular weight is 325 g/mol. The van der Waals surface area contributed by atoms with E-state index in [4.69, 9.17) is 4.74 Å². The molecule has 1 saturated carbocycles. The van der Waals surface area contributed by atoms with Gasteiger partial charge in [-0.2, -0.15) is 11.3 Å².